The maximum Gasteiger partial charge on any atom is 0.275 e. The van der Waals surface area contributed by atoms with Crippen LogP contribution < -0.4 is 5.32 Å². The van der Waals surface area contributed by atoms with E-state index in [1.165, 1.54) is 12.1 Å². The maximum atomic E-state index is 13.4. The predicted octanol–water partition coefficient (Wildman–Crippen LogP) is 2.63. The minimum atomic E-state index is -0.284. The number of piperazine rings is 1. The van der Waals surface area contributed by atoms with Gasteiger partial charge in [0.25, 0.3) is 5.91 Å². The average Bonchev–Trinajstić information content (AvgIpc) is 3.10. The number of nitrogens with two attached hydrogens (primary N) is 1. The molecular formula is C23H29FN5O+. The molecule has 6 nitrogen and oxygen atoms in total. The highest BCUT2D eigenvalue weighted by Gasteiger charge is 2.37. The molecule has 0 spiro atoms. The fraction of sp³-hybridized carbons (Fsp3) is 0.435. The van der Waals surface area contributed by atoms with Gasteiger partial charge in [0, 0.05) is 11.1 Å². The molecule has 1 saturated heterocycles. The average molecular weight is 411 g/mol. The Labute approximate surface area is 176 Å². The van der Waals surface area contributed by atoms with Gasteiger partial charge in [0.15, 0.2) is 5.65 Å². The molecule has 0 saturated carbocycles. The second-order valence-electron chi connectivity index (χ2n) is 9.65. The zero-order chi connectivity index (χ0) is 21.7. The maximum absolute atomic E-state index is 13.4. The Bertz CT molecular complexity index is 1100. The fourth-order valence-electron chi connectivity index (χ4n) is 4.00. The Kier molecular flexibility index (Phi) is 4.89. The molecule has 158 valence electrons. The van der Waals surface area contributed by atoms with Gasteiger partial charge >= 0.3 is 0 Å². The standard InChI is InChI=1S/C23H28FN5O/c1-22(2,3)17-12-18(15-6-8-16(24)9-7-15)27-29-13-19(26-20(17)29)21(30)28-11-10-25-14-23(28,4)5/h6-9,12-13,25H,10-11,14H2,1-5H3/p+1. The van der Waals surface area contributed by atoms with E-state index in [4.69, 9.17) is 4.98 Å². The van der Waals surface area contributed by atoms with Crippen molar-refractivity contribution in [2.24, 2.45) is 0 Å². The highest BCUT2D eigenvalue weighted by molar-refractivity contribution is 5.93. The van der Waals surface area contributed by atoms with Crippen LogP contribution in [0.4, 0.5) is 4.39 Å². The van der Waals surface area contributed by atoms with Crippen LogP contribution in [-0.2, 0) is 5.41 Å². The molecule has 1 aromatic carbocycles. The van der Waals surface area contributed by atoms with Gasteiger partial charge in [-0.25, -0.2) is 13.9 Å². The van der Waals surface area contributed by atoms with E-state index in [2.05, 4.69) is 45.0 Å². The quantitative estimate of drug-likeness (QED) is 0.706. The number of aromatic nitrogens is 3. The summed E-state index contributed by atoms with van der Waals surface area (Å²) >= 11 is 0. The molecular weight excluding hydrogens is 381 g/mol. The lowest BCUT2D eigenvalue weighted by molar-refractivity contribution is -0.673. The molecule has 1 aliphatic heterocycles. The van der Waals surface area contributed by atoms with Crippen LogP contribution in [0.5, 0.6) is 0 Å². The summed E-state index contributed by atoms with van der Waals surface area (Å²) in [5, 5.41) is 6.93. The summed E-state index contributed by atoms with van der Waals surface area (Å²) in [5.74, 6) is -0.352. The van der Waals surface area contributed by atoms with Gasteiger partial charge < -0.3 is 10.2 Å². The van der Waals surface area contributed by atoms with Crippen molar-refractivity contribution >= 4 is 11.6 Å². The van der Waals surface area contributed by atoms with E-state index in [1.807, 2.05) is 11.0 Å². The second kappa shape index (κ2) is 7.16. The number of nitrogens with zero attached hydrogens (tertiary/aromatic N) is 4. The third-order valence-corrected chi connectivity index (χ3v) is 5.77. The molecule has 3 heterocycles. The molecule has 7 heteroatoms. The molecule has 0 bridgehead atoms. The number of carbonyl (C=O) groups is 1. The molecule has 0 atom stereocenters. The molecule has 1 amide bonds. The van der Waals surface area contributed by atoms with Crippen molar-refractivity contribution in [3.05, 3.63) is 53.6 Å². The molecule has 3 aromatic rings. The normalized spacial score (nSPS) is 16.8. The van der Waals surface area contributed by atoms with Crippen molar-refractivity contribution in [2.75, 3.05) is 19.6 Å². The van der Waals surface area contributed by atoms with Crippen LogP contribution >= 0.6 is 0 Å². The molecule has 0 aliphatic carbocycles. The minimum absolute atomic E-state index is 0.0678. The molecule has 1 aliphatic rings. The molecule has 2 aromatic heterocycles. The zero-order valence-electron chi connectivity index (χ0n) is 18.2. The van der Waals surface area contributed by atoms with Crippen LogP contribution in [0.3, 0.4) is 0 Å². The van der Waals surface area contributed by atoms with E-state index in [-0.39, 0.29) is 22.7 Å². The summed E-state index contributed by atoms with van der Waals surface area (Å²) in [6, 6.07) is 8.27. The highest BCUT2D eigenvalue weighted by atomic mass is 19.1. The summed E-state index contributed by atoms with van der Waals surface area (Å²) in [6.07, 6.45) is 1.72. The van der Waals surface area contributed by atoms with Crippen LogP contribution in [0.15, 0.2) is 36.5 Å². The molecule has 2 N–H and O–H groups in total. The smallest absolute Gasteiger partial charge is 0.275 e. The van der Waals surface area contributed by atoms with Gasteiger partial charge in [-0.05, 0) is 49.6 Å². The monoisotopic (exact) mass is 410 g/mol. The molecule has 0 unspecified atom stereocenters. The summed E-state index contributed by atoms with van der Waals surface area (Å²) in [6.45, 7) is 12.9. The van der Waals surface area contributed by atoms with Gasteiger partial charge in [-0.2, -0.15) is 5.10 Å². The van der Waals surface area contributed by atoms with Gasteiger partial charge in [-0.15, -0.1) is 0 Å². The van der Waals surface area contributed by atoms with Crippen molar-refractivity contribution in [1.82, 2.24) is 19.5 Å². The molecule has 1 fully saturated rings. The SMILES string of the molecule is CC(C)(C)c1cc(-c2ccc(F)cc2)nn2cc(C(=O)N3CC[NH2+]CC3(C)C)nc12. The van der Waals surface area contributed by atoms with Gasteiger partial charge in [0.1, 0.15) is 11.5 Å². The molecule has 30 heavy (non-hydrogen) atoms. The minimum Gasteiger partial charge on any atom is -0.343 e. The Morgan fingerprint density at radius 3 is 2.53 bits per heavy atom. The first-order chi connectivity index (χ1) is 14.1. The van der Waals surface area contributed by atoms with Gasteiger partial charge in [0.05, 0.1) is 37.1 Å². The van der Waals surface area contributed by atoms with Crippen molar-refractivity contribution in [1.29, 1.82) is 0 Å². The van der Waals surface area contributed by atoms with E-state index in [1.54, 1.807) is 22.8 Å². The van der Waals surface area contributed by atoms with Crippen LogP contribution in [0.2, 0.25) is 0 Å². The first kappa shape index (κ1) is 20.5. The third kappa shape index (κ3) is 3.69. The molecule has 0 radical (unpaired) electrons. The number of hydrogen-bond donors (Lipinski definition) is 1. The fourth-order valence-corrected chi connectivity index (χ4v) is 4.00. The zero-order valence-corrected chi connectivity index (χ0v) is 18.2. The van der Waals surface area contributed by atoms with Crippen molar-refractivity contribution in [3.63, 3.8) is 0 Å². The Morgan fingerprint density at radius 1 is 1.20 bits per heavy atom. The number of fused-ring (bicyclic) bond motifs is 1. The van der Waals surface area contributed by atoms with E-state index in [0.717, 1.165) is 29.9 Å². The lowest BCUT2D eigenvalue weighted by atomic mass is 9.87. The van der Waals surface area contributed by atoms with E-state index < -0.39 is 0 Å². The van der Waals surface area contributed by atoms with Crippen molar-refractivity contribution < 1.29 is 14.5 Å². The second-order valence-corrected chi connectivity index (χ2v) is 9.65. The number of imidazole rings is 1. The summed E-state index contributed by atoms with van der Waals surface area (Å²) < 4.78 is 15.1. The predicted molar refractivity (Wildman–Crippen MR) is 114 cm³/mol. The van der Waals surface area contributed by atoms with Gasteiger partial charge in [-0.3, -0.25) is 4.79 Å². The number of amides is 1. The first-order valence-corrected chi connectivity index (χ1v) is 10.4. The van der Waals surface area contributed by atoms with Gasteiger partial charge in [0.2, 0.25) is 0 Å². The van der Waals surface area contributed by atoms with Crippen LogP contribution in [-0.4, -0.2) is 50.6 Å². The summed E-state index contributed by atoms with van der Waals surface area (Å²) in [5.41, 5.74) is 3.17. The number of hydrogen-bond acceptors (Lipinski definition) is 3. The van der Waals surface area contributed by atoms with Crippen molar-refractivity contribution in [2.45, 2.75) is 45.6 Å². The Hall–Kier alpha value is -2.80. The highest BCUT2D eigenvalue weighted by Crippen LogP contribution is 2.30. The number of benzene rings is 1. The van der Waals surface area contributed by atoms with E-state index in [0.29, 0.717) is 17.9 Å². The lowest BCUT2D eigenvalue weighted by Gasteiger charge is -2.40. The van der Waals surface area contributed by atoms with E-state index >= 15 is 0 Å². The van der Waals surface area contributed by atoms with Crippen LogP contribution in [0.25, 0.3) is 16.9 Å². The number of carbonyl (C=O) groups excluding carboxylic acids is 1. The largest absolute Gasteiger partial charge is 0.343 e. The Morgan fingerprint density at radius 2 is 1.90 bits per heavy atom. The third-order valence-electron chi connectivity index (χ3n) is 5.77. The van der Waals surface area contributed by atoms with Crippen LogP contribution in [0.1, 0.15) is 50.7 Å². The number of quaternary nitrogens is 1. The lowest BCUT2D eigenvalue weighted by Crippen LogP contribution is -2.94. The topological polar surface area (TPSA) is 67.1 Å². The van der Waals surface area contributed by atoms with Crippen LogP contribution in [0, 0.1) is 5.82 Å². The molecule has 4 rings (SSSR count). The Balaban J connectivity index is 1.83. The van der Waals surface area contributed by atoms with Crippen molar-refractivity contribution in [3.8, 4) is 11.3 Å². The first-order valence-electron chi connectivity index (χ1n) is 10.4. The van der Waals surface area contributed by atoms with Gasteiger partial charge in [-0.1, -0.05) is 20.8 Å². The number of halogens is 1. The summed E-state index contributed by atoms with van der Waals surface area (Å²) in [7, 11) is 0. The summed E-state index contributed by atoms with van der Waals surface area (Å²) in [4.78, 5) is 19.9. The number of rotatable bonds is 2. The van der Waals surface area contributed by atoms with E-state index in [9.17, 15) is 9.18 Å².